The lowest BCUT2D eigenvalue weighted by atomic mass is 10.0. The standard InChI is InChI=1S/C14H15Cl3N2O2/c1-7(8-3-4-9(15)13(17)12(8)16)18-10-5-6-11(20)19(2)14(10)21/h3-4,7,10,18H,5-6H2,1-2H3. The number of hydrogen-bond donors (Lipinski definition) is 1. The summed E-state index contributed by atoms with van der Waals surface area (Å²) in [6, 6.07) is 2.84. The summed E-state index contributed by atoms with van der Waals surface area (Å²) in [7, 11) is 1.50. The molecular formula is C14H15Cl3N2O2. The number of likely N-dealkylation sites (tertiary alicyclic amines) is 1. The van der Waals surface area contributed by atoms with E-state index in [1.54, 1.807) is 12.1 Å². The minimum Gasteiger partial charge on any atom is -0.299 e. The molecule has 0 aliphatic carbocycles. The number of carbonyl (C=O) groups is 2. The van der Waals surface area contributed by atoms with E-state index < -0.39 is 6.04 Å². The Morgan fingerprint density at radius 2 is 1.90 bits per heavy atom. The van der Waals surface area contributed by atoms with Crippen LogP contribution in [0.5, 0.6) is 0 Å². The van der Waals surface area contributed by atoms with Gasteiger partial charge in [-0.25, -0.2) is 0 Å². The number of likely N-dealkylation sites (N-methyl/N-ethyl adjacent to an activating group) is 1. The fourth-order valence-electron chi connectivity index (χ4n) is 2.34. The van der Waals surface area contributed by atoms with Gasteiger partial charge in [-0.1, -0.05) is 40.9 Å². The summed E-state index contributed by atoms with van der Waals surface area (Å²) < 4.78 is 0. The van der Waals surface area contributed by atoms with Crippen molar-refractivity contribution in [3.05, 3.63) is 32.8 Å². The molecule has 2 amide bonds. The molecule has 4 nitrogen and oxygen atoms in total. The largest absolute Gasteiger partial charge is 0.299 e. The molecule has 1 saturated heterocycles. The van der Waals surface area contributed by atoms with Crippen LogP contribution in [0, 0.1) is 0 Å². The molecule has 0 radical (unpaired) electrons. The van der Waals surface area contributed by atoms with Crippen LogP contribution in [0.4, 0.5) is 0 Å². The first kappa shape index (κ1) is 16.6. The third-order valence-corrected chi connectivity index (χ3v) is 4.94. The summed E-state index contributed by atoms with van der Waals surface area (Å²) in [4.78, 5) is 24.7. The Labute approximate surface area is 138 Å². The highest BCUT2D eigenvalue weighted by atomic mass is 35.5. The van der Waals surface area contributed by atoms with Gasteiger partial charge >= 0.3 is 0 Å². The zero-order valence-corrected chi connectivity index (χ0v) is 13.9. The molecule has 2 rings (SSSR count). The second-order valence-electron chi connectivity index (χ2n) is 5.04. The Bertz CT molecular complexity index is 592. The molecule has 0 saturated carbocycles. The Morgan fingerprint density at radius 3 is 2.57 bits per heavy atom. The normalized spacial score (nSPS) is 20.8. The van der Waals surface area contributed by atoms with Crippen LogP contribution < -0.4 is 5.32 Å². The van der Waals surface area contributed by atoms with Crippen LogP contribution in [-0.2, 0) is 9.59 Å². The van der Waals surface area contributed by atoms with Gasteiger partial charge in [0.15, 0.2) is 0 Å². The quantitative estimate of drug-likeness (QED) is 0.672. The van der Waals surface area contributed by atoms with Gasteiger partial charge in [0.2, 0.25) is 11.8 Å². The second kappa shape index (κ2) is 6.53. The molecule has 2 unspecified atom stereocenters. The van der Waals surface area contributed by atoms with Crippen molar-refractivity contribution in [1.82, 2.24) is 10.2 Å². The summed E-state index contributed by atoms with van der Waals surface area (Å²) in [5, 5.41) is 4.25. The van der Waals surface area contributed by atoms with Crippen LogP contribution in [0.2, 0.25) is 15.1 Å². The molecule has 1 N–H and O–H groups in total. The molecule has 1 aromatic rings. The van der Waals surface area contributed by atoms with Crippen molar-refractivity contribution < 1.29 is 9.59 Å². The molecule has 1 aliphatic heterocycles. The average Bonchev–Trinajstić information content (AvgIpc) is 2.45. The van der Waals surface area contributed by atoms with E-state index in [1.165, 1.54) is 7.05 Å². The van der Waals surface area contributed by atoms with E-state index >= 15 is 0 Å². The zero-order chi connectivity index (χ0) is 15.7. The van der Waals surface area contributed by atoms with Gasteiger partial charge in [-0.05, 0) is 25.0 Å². The third kappa shape index (κ3) is 3.34. The lowest BCUT2D eigenvalue weighted by Gasteiger charge is -2.30. The lowest BCUT2D eigenvalue weighted by molar-refractivity contribution is -0.148. The SMILES string of the molecule is CC(NC1CCC(=O)N(C)C1=O)c1ccc(Cl)c(Cl)c1Cl. The highest BCUT2D eigenvalue weighted by Crippen LogP contribution is 2.35. The summed E-state index contributed by atoms with van der Waals surface area (Å²) in [5.74, 6) is -0.382. The van der Waals surface area contributed by atoms with Gasteiger partial charge in [-0.15, -0.1) is 0 Å². The molecule has 0 bridgehead atoms. The maximum absolute atomic E-state index is 12.1. The Morgan fingerprint density at radius 1 is 1.24 bits per heavy atom. The lowest BCUT2D eigenvalue weighted by Crippen LogP contribution is -2.51. The van der Waals surface area contributed by atoms with E-state index in [0.29, 0.717) is 27.9 Å². The number of amides is 2. The van der Waals surface area contributed by atoms with Crippen LogP contribution in [0.25, 0.3) is 0 Å². The Balaban J connectivity index is 2.15. The molecule has 1 aromatic carbocycles. The third-order valence-electron chi connectivity index (χ3n) is 3.63. The van der Waals surface area contributed by atoms with Gasteiger partial charge in [-0.3, -0.25) is 19.8 Å². The highest BCUT2D eigenvalue weighted by molar-refractivity contribution is 6.48. The van der Waals surface area contributed by atoms with Crippen LogP contribution in [-0.4, -0.2) is 29.8 Å². The Hall–Kier alpha value is -0.810. The molecule has 21 heavy (non-hydrogen) atoms. The van der Waals surface area contributed by atoms with Crippen molar-refractivity contribution in [1.29, 1.82) is 0 Å². The fourth-order valence-corrected chi connectivity index (χ4v) is 3.04. The van der Waals surface area contributed by atoms with E-state index in [1.807, 2.05) is 6.92 Å². The van der Waals surface area contributed by atoms with E-state index in [2.05, 4.69) is 5.32 Å². The van der Waals surface area contributed by atoms with Crippen molar-refractivity contribution in [3.8, 4) is 0 Å². The number of nitrogens with zero attached hydrogens (tertiary/aromatic N) is 1. The van der Waals surface area contributed by atoms with Gasteiger partial charge < -0.3 is 0 Å². The monoisotopic (exact) mass is 348 g/mol. The number of piperidine rings is 1. The Kier molecular flexibility index (Phi) is 5.15. The summed E-state index contributed by atoms with van der Waals surface area (Å²) in [6.45, 7) is 1.88. The van der Waals surface area contributed by atoms with Crippen molar-refractivity contribution >= 4 is 46.6 Å². The fraction of sp³-hybridized carbons (Fsp3) is 0.429. The summed E-state index contributed by atoms with van der Waals surface area (Å²) in [5.41, 5.74) is 0.762. The van der Waals surface area contributed by atoms with Gasteiger partial charge in [0.05, 0.1) is 21.1 Å². The molecule has 1 aliphatic rings. The average molecular weight is 350 g/mol. The van der Waals surface area contributed by atoms with Gasteiger partial charge in [-0.2, -0.15) is 0 Å². The van der Waals surface area contributed by atoms with Gasteiger partial charge in [0, 0.05) is 19.5 Å². The van der Waals surface area contributed by atoms with E-state index in [-0.39, 0.29) is 17.9 Å². The van der Waals surface area contributed by atoms with Crippen LogP contribution >= 0.6 is 34.8 Å². The second-order valence-corrected chi connectivity index (χ2v) is 6.20. The van der Waals surface area contributed by atoms with Crippen molar-refractivity contribution in [2.24, 2.45) is 0 Å². The maximum Gasteiger partial charge on any atom is 0.246 e. The van der Waals surface area contributed by atoms with Crippen molar-refractivity contribution in [2.45, 2.75) is 31.8 Å². The number of carbonyl (C=O) groups excluding carboxylic acids is 2. The first-order valence-corrected chi connectivity index (χ1v) is 7.66. The molecule has 0 spiro atoms. The first-order valence-electron chi connectivity index (χ1n) is 6.52. The smallest absolute Gasteiger partial charge is 0.246 e. The molecule has 0 aromatic heterocycles. The van der Waals surface area contributed by atoms with Crippen molar-refractivity contribution in [2.75, 3.05) is 7.05 Å². The maximum atomic E-state index is 12.1. The molecule has 1 fully saturated rings. The minimum atomic E-state index is -0.409. The van der Waals surface area contributed by atoms with Crippen LogP contribution in [0.15, 0.2) is 12.1 Å². The first-order chi connectivity index (χ1) is 9.82. The van der Waals surface area contributed by atoms with E-state index in [9.17, 15) is 9.59 Å². The minimum absolute atomic E-state index is 0.154. The molecule has 1 heterocycles. The van der Waals surface area contributed by atoms with E-state index in [0.717, 1.165) is 10.5 Å². The van der Waals surface area contributed by atoms with Crippen molar-refractivity contribution in [3.63, 3.8) is 0 Å². The number of nitrogens with one attached hydrogen (secondary N) is 1. The molecular weight excluding hydrogens is 335 g/mol. The number of rotatable bonds is 3. The van der Waals surface area contributed by atoms with Crippen LogP contribution in [0.3, 0.4) is 0 Å². The predicted molar refractivity (Wildman–Crippen MR) is 83.8 cm³/mol. The van der Waals surface area contributed by atoms with Gasteiger partial charge in [0.25, 0.3) is 0 Å². The number of halogens is 3. The highest BCUT2D eigenvalue weighted by Gasteiger charge is 2.32. The number of benzene rings is 1. The van der Waals surface area contributed by atoms with E-state index in [4.69, 9.17) is 34.8 Å². The molecule has 7 heteroatoms. The van der Waals surface area contributed by atoms with Crippen LogP contribution in [0.1, 0.15) is 31.4 Å². The summed E-state index contributed by atoms with van der Waals surface area (Å²) >= 11 is 18.1. The number of hydrogen-bond acceptors (Lipinski definition) is 3. The predicted octanol–water partition coefficient (Wildman–Crippen LogP) is 3.44. The molecule has 2 atom stereocenters. The van der Waals surface area contributed by atoms with Gasteiger partial charge in [0.1, 0.15) is 0 Å². The summed E-state index contributed by atoms with van der Waals surface area (Å²) in [6.07, 6.45) is 0.826. The number of imide groups is 1. The topological polar surface area (TPSA) is 49.4 Å². The molecule has 114 valence electrons. The zero-order valence-electron chi connectivity index (χ0n) is 11.6.